The number of ketones is 1. The molecule has 0 aliphatic rings. The summed E-state index contributed by atoms with van der Waals surface area (Å²) in [5.41, 5.74) is 0.527. The summed E-state index contributed by atoms with van der Waals surface area (Å²) in [5, 5.41) is -0.0820. The highest BCUT2D eigenvalue weighted by molar-refractivity contribution is 6.35. The van der Waals surface area contributed by atoms with E-state index >= 15 is 0 Å². The molecule has 0 amide bonds. The van der Waals surface area contributed by atoms with Crippen molar-refractivity contribution in [1.82, 2.24) is 0 Å². The summed E-state index contributed by atoms with van der Waals surface area (Å²) in [4.78, 5) is 12.2. The van der Waals surface area contributed by atoms with Crippen molar-refractivity contribution in [2.75, 3.05) is 0 Å². The molecule has 0 spiro atoms. The van der Waals surface area contributed by atoms with Gasteiger partial charge in [-0.15, -0.1) is 0 Å². The Morgan fingerprint density at radius 1 is 1.00 bits per heavy atom. The molecule has 0 saturated carbocycles. The maximum absolute atomic E-state index is 13.3. The van der Waals surface area contributed by atoms with Crippen molar-refractivity contribution in [3.05, 3.63) is 68.7 Å². The third-order valence-electron chi connectivity index (χ3n) is 2.67. The Balaban J connectivity index is 2.49. The van der Waals surface area contributed by atoms with Gasteiger partial charge < -0.3 is 0 Å². The van der Waals surface area contributed by atoms with Crippen LogP contribution in [0.2, 0.25) is 10.0 Å². The van der Waals surface area contributed by atoms with Crippen molar-refractivity contribution in [2.45, 2.75) is 6.92 Å². The third-order valence-corrected chi connectivity index (χ3v) is 3.29. The lowest BCUT2D eigenvalue weighted by atomic mass is 10.0. The Morgan fingerprint density at radius 2 is 1.68 bits per heavy atom. The number of hydrogen-bond donors (Lipinski definition) is 0. The Labute approximate surface area is 118 Å². The van der Waals surface area contributed by atoms with Crippen LogP contribution in [-0.2, 0) is 0 Å². The molecule has 0 atom stereocenters. The van der Waals surface area contributed by atoms with E-state index in [4.69, 9.17) is 23.2 Å². The van der Waals surface area contributed by atoms with Crippen LogP contribution in [0.25, 0.3) is 0 Å². The summed E-state index contributed by atoms with van der Waals surface area (Å²) >= 11 is 11.4. The van der Waals surface area contributed by atoms with Crippen LogP contribution in [0.1, 0.15) is 21.5 Å². The highest BCUT2D eigenvalue weighted by Gasteiger charge is 2.16. The fourth-order valence-electron chi connectivity index (χ4n) is 1.62. The predicted octanol–water partition coefficient (Wildman–Crippen LogP) is 4.81. The van der Waals surface area contributed by atoms with Crippen LogP contribution in [0.4, 0.5) is 8.78 Å². The molecule has 0 bridgehead atoms. The summed E-state index contributed by atoms with van der Waals surface area (Å²) in [6.07, 6.45) is 0. The minimum absolute atomic E-state index is 0.0107. The average Bonchev–Trinajstić information content (AvgIpc) is 2.36. The van der Waals surface area contributed by atoms with E-state index in [0.29, 0.717) is 5.56 Å². The molecule has 0 aliphatic carbocycles. The molecule has 0 saturated heterocycles. The number of benzene rings is 2. The Kier molecular flexibility index (Phi) is 3.88. The third kappa shape index (κ3) is 2.77. The van der Waals surface area contributed by atoms with Gasteiger partial charge >= 0.3 is 0 Å². The molecule has 0 unspecified atom stereocenters. The monoisotopic (exact) mass is 300 g/mol. The fraction of sp³-hybridized carbons (Fsp3) is 0.0714. The van der Waals surface area contributed by atoms with Crippen LogP contribution >= 0.6 is 23.2 Å². The van der Waals surface area contributed by atoms with E-state index in [1.807, 2.05) is 0 Å². The number of aryl methyl sites for hydroxylation is 1. The molecule has 0 aromatic heterocycles. The van der Waals surface area contributed by atoms with Crippen molar-refractivity contribution >= 4 is 29.0 Å². The smallest absolute Gasteiger partial charge is 0.194 e. The summed E-state index contributed by atoms with van der Waals surface area (Å²) < 4.78 is 26.6. The number of hydrogen-bond acceptors (Lipinski definition) is 1. The lowest BCUT2D eigenvalue weighted by Gasteiger charge is -2.06. The van der Waals surface area contributed by atoms with E-state index in [2.05, 4.69) is 0 Å². The molecule has 0 radical (unpaired) electrons. The minimum Gasteiger partial charge on any atom is -0.289 e. The molecule has 5 heteroatoms. The predicted molar refractivity (Wildman–Crippen MR) is 71.0 cm³/mol. The van der Waals surface area contributed by atoms with Crippen molar-refractivity contribution in [3.63, 3.8) is 0 Å². The molecule has 19 heavy (non-hydrogen) atoms. The normalized spacial score (nSPS) is 10.6. The number of halogens is 4. The first-order valence-electron chi connectivity index (χ1n) is 5.35. The van der Waals surface area contributed by atoms with Crippen molar-refractivity contribution in [2.24, 2.45) is 0 Å². The van der Waals surface area contributed by atoms with E-state index in [0.717, 1.165) is 12.1 Å². The number of carbonyl (C=O) groups excluding carboxylic acids is 1. The van der Waals surface area contributed by atoms with Gasteiger partial charge in [0.15, 0.2) is 5.78 Å². The van der Waals surface area contributed by atoms with Gasteiger partial charge in [0, 0.05) is 11.1 Å². The molecule has 0 aliphatic heterocycles. The zero-order valence-corrected chi connectivity index (χ0v) is 11.3. The summed E-state index contributed by atoms with van der Waals surface area (Å²) in [6, 6.07) is 6.11. The molecule has 0 N–H and O–H groups in total. The molecule has 0 fully saturated rings. The van der Waals surface area contributed by atoms with Crippen LogP contribution in [0.3, 0.4) is 0 Å². The largest absolute Gasteiger partial charge is 0.289 e. The van der Waals surface area contributed by atoms with E-state index in [1.165, 1.54) is 25.1 Å². The molecule has 2 aromatic rings. The van der Waals surface area contributed by atoms with Crippen LogP contribution < -0.4 is 0 Å². The maximum atomic E-state index is 13.3. The summed E-state index contributed by atoms with van der Waals surface area (Å²) in [5.74, 6) is -1.67. The van der Waals surface area contributed by atoms with Gasteiger partial charge in [-0.05, 0) is 42.8 Å². The first-order chi connectivity index (χ1) is 8.90. The minimum atomic E-state index is -0.692. The Morgan fingerprint density at radius 3 is 2.32 bits per heavy atom. The highest BCUT2D eigenvalue weighted by Crippen LogP contribution is 2.24. The van der Waals surface area contributed by atoms with Crippen LogP contribution in [-0.4, -0.2) is 5.78 Å². The molecule has 1 nitrogen and oxygen atoms in total. The zero-order chi connectivity index (χ0) is 14.2. The van der Waals surface area contributed by atoms with Gasteiger partial charge in [-0.1, -0.05) is 23.2 Å². The van der Waals surface area contributed by atoms with Gasteiger partial charge in [-0.25, -0.2) is 8.78 Å². The summed E-state index contributed by atoms with van der Waals surface area (Å²) in [7, 11) is 0. The molecule has 98 valence electrons. The second kappa shape index (κ2) is 5.27. The van der Waals surface area contributed by atoms with Crippen molar-refractivity contribution in [1.29, 1.82) is 0 Å². The van der Waals surface area contributed by atoms with Gasteiger partial charge in [-0.3, -0.25) is 4.79 Å². The van der Waals surface area contributed by atoms with Gasteiger partial charge in [0.25, 0.3) is 0 Å². The van der Waals surface area contributed by atoms with E-state index in [1.54, 1.807) is 0 Å². The summed E-state index contributed by atoms with van der Waals surface area (Å²) in [6.45, 7) is 1.52. The standard InChI is InChI=1S/C14H8Cl2F2O/c1-7-4-9(11(16)6-12(7)17)14(19)8-2-3-10(15)13(18)5-8/h2-6H,1H3. The number of carbonyl (C=O) groups is 1. The number of rotatable bonds is 2. The molecular formula is C14H8Cl2F2O. The quantitative estimate of drug-likeness (QED) is 0.727. The zero-order valence-electron chi connectivity index (χ0n) is 9.81. The molecule has 2 aromatic carbocycles. The van der Waals surface area contributed by atoms with Crippen LogP contribution in [0.15, 0.2) is 30.3 Å². The Hall–Kier alpha value is -1.45. The SMILES string of the molecule is Cc1cc(C(=O)c2ccc(Cl)c(F)c2)c(Cl)cc1F. The van der Waals surface area contributed by atoms with Gasteiger partial charge in [-0.2, -0.15) is 0 Å². The first kappa shape index (κ1) is 14.0. The van der Waals surface area contributed by atoms with Gasteiger partial charge in [0.2, 0.25) is 0 Å². The molecular weight excluding hydrogens is 293 g/mol. The van der Waals surface area contributed by atoms with Crippen molar-refractivity contribution in [3.8, 4) is 0 Å². The van der Waals surface area contributed by atoms with Crippen LogP contribution in [0, 0.1) is 18.6 Å². The molecule has 2 rings (SSSR count). The van der Waals surface area contributed by atoms with E-state index in [9.17, 15) is 13.6 Å². The van der Waals surface area contributed by atoms with Crippen molar-refractivity contribution < 1.29 is 13.6 Å². The highest BCUT2D eigenvalue weighted by atomic mass is 35.5. The lowest BCUT2D eigenvalue weighted by molar-refractivity contribution is 0.103. The van der Waals surface area contributed by atoms with E-state index in [-0.39, 0.29) is 21.2 Å². The second-order valence-corrected chi connectivity index (χ2v) is 4.85. The van der Waals surface area contributed by atoms with E-state index < -0.39 is 17.4 Å². The van der Waals surface area contributed by atoms with Gasteiger partial charge in [0.05, 0.1) is 10.0 Å². The average molecular weight is 301 g/mol. The fourth-order valence-corrected chi connectivity index (χ4v) is 1.98. The lowest BCUT2D eigenvalue weighted by Crippen LogP contribution is -2.04. The van der Waals surface area contributed by atoms with Crippen LogP contribution in [0.5, 0.6) is 0 Å². The molecule has 0 heterocycles. The van der Waals surface area contributed by atoms with Gasteiger partial charge in [0.1, 0.15) is 11.6 Å². The maximum Gasteiger partial charge on any atom is 0.194 e. The first-order valence-corrected chi connectivity index (χ1v) is 6.11. The second-order valence-electron chi connectivity index (χ2n) is 4.04. The topological polar surface area (TPSA) is 17.1 Å². The Bertz CT molecular complexity index is 669.